The van der Waals surface area contributed by atoms with E-state index in [2.05, 4.69) is 29.1 Å². The average molecular weight is 169 g/mol. The van der Waals surface area contributed by atoms with E-state index in [1.807, 2.05) is 6.21 Å². The van der Waals surface area contributed by atoms with Crippen molar-refractivity contribution in [3.05, 3.63) is 0 Å². The zero-order valence-corrected chi connectivity index (χ0v) is 8.08. The Balaban J connectivity index is 2.12. The molecule has 1 aliphatic rings. The summed E-state index contributed by atoms with van der Waals surface area (Å²) in [5.41, 5.74) is 0. The van der Waals surface area contributed by atoms with Gasteiger partial charge in [0.25, 0.3) is 0 Å². The predicted molar refractivity (Wildman–Crippen MR) is 52.9 cm³/mol. The molecule has 0 radical (unpaired) electrons. The highest BCUT2D eigenvalue weighted by molar-refractivity contribution is 5.59. The highest BCUT2D eigenvalue weighted by atomic mass is 15.2. The molecule has 0 aliphatic carbocycles. The van der Waals surface area contributed by atoms with Crippen molar-refractivity contribution in [3.8, 4) is 0 Å². The second-order valence-electron chi connectivity index (χ2n) is 3.48. The first-order valence-electron chi connectivity index (χ1n) is 4.74. The van der Waals surface area contributed by atoms with Crippen LogP contribution in [0.3, 0.4) is 0 Å². The van der Waals surface area contributed by atoms with Crippen molar-refractivity contribution in [3.63, 3.8) is 0 Å². The largest absolute Gasteiger partial charge is 0.314 e. The Morgan fingerprint density at radius 2 is 2.08 bits per heavy atom. The Morgan fingerprint density at radius 3 is 2.67 bits per heavy atom. The van der Waals surface area contributed by atoms with Crippen LogP contribution in [-0.2, 0) is 0 Å². The maximum absolute atomic E-state index is 4.33. The molecule has 0 unspecified atom stereocenters. The number of hydrogen-bond donors (Lipinski definition) is 1. The molecular formula is C9H19N3. The number of piperazine rings is 1. The lowest BCUT2D eigenvalue weighted by Gasteiger charge is -2.25. The van der Waals surface area contributed by atoms with Gasteiger partial charge in [0.05, 0.1) is 0 Å². The van der Waals surface area contributed by atoms with Crippen LogP contribution in [0.25, 0.3) is 0 Å². The van der Waals surface area contributed by atoms with Gasteiger partial charge in [-0.05, 0) is 13.8 Å². The molecule has 1 fully saturated rings. The number of nitrogens with one attached hydrogen (secondary N) is 1. The fraction of sp³-hybridized carbons (Fsp3) is 0.889. The van der Waals surface area contributed by atoms with E-state index in [9.17, 15) is 0 Å². The zero-order valence-electron chi connectivity index (χ0n) is 8.08. The van der Waals surface area contributed by atoms with E-state index in [1.54, 1.807) is 0 Å². The maximum atomic E-state index is 4.33. The SMILES string of the molecule is CC(C)N=CCN1CCNCC1. The number of nitrogens with zero attached hydrogens (tertiary/aromatic N) is 2. The lowest BCUT2D eigenvalue weighted by Crippen LogP contribution is -2.44. The fourth-order valence-corrected chi connectivity index (χ4v) is 1.27. The molecule has 0 saturated carbocycles. The summed E-state index contributed by atoms with van der Waals surface area (Å²) in [5.74, 6) is 0. The molecule has 3 nitrogen and oxygen atoms in total. The van der Waals surface area contributed by atoms with E-state index >= 15 is 0 Å². The van der Waals surface area contributed by atoms with Crippen molar-refractivity contribution >= 4 is 6.21 Å². The first-order chi connectivity index (χ1) is 5.79. The third-order valence-electron chi connectivity index (χ3n) is 1.95. The molecule has 1 aliphatic heterocycles. The summed E-state index contributed by atoms with van der Waals surface area (Å²) in [4.78, 5) is 6.75. The summed E-state index contributed by atoms with van der Waals surface area (Å²) in [7, 11) is 0. The molecule has 1 N–H and O–H groups in total. The predicted octanol–water partition coefficient (Wildman–Crippen LogP) is 0.371. The first kappa shape index (κ1) is 9.68. The van der Waals surface area contributed by atoms with Gasteiger partial charge in [-0.15, -0.1) is 0 Å². The van der Waals surface area contributed by atoms with Crippen molar-refractivity contribution in [2.75, 3.05) is 32.7 Å². The molecule has 0 aromatic heterocycles. The van der Waals surface area contributed by atoms with Crippen LogP contribution >= 0.6 is 0 Å². The molecule has 12 heavy (non-hydrogen) atoms. The van der Waals surface area contributed by atoms with Crippen molar-refractivity contribution in [2.45, 2.75) is 19.9 Å². The quantitative estimate of drug-likeness (QED) is 0.618. The summed E-state index contributed by atoms with van der Waals surface area (Å²) in [5, 5.41) is 3.33. The second-order valence-corrected chi connectivity index (χ2v) is 3.48. The Labute approximate surface area is 74.9 Å². The van der Waals surface area contributed by atoms with E-state index in [4.69, 9.17) is 0 Å². The topological polar surface area (TPSA) is 27.6 Å². The minimum Gasteiger partial charge on any atom is -0.314 e. The fourth-order valence-electron chi connectivity index (χ4n) is 1.27. The highest BCUT2D eigenvalue weighted by Gasteiger charge is 2.06. The van der Waals surface area contributed by atoms with E-state index in [0.29, 0.717) is 6.04 Å². The van der Waals surface area contributed by atoms with E-state index < -0.39 is 0 Å². The Hall–Kier alpha value is -0.410. The van der Waals surface area contributed by atoms with E-state index in [0.717, 1.165) is 32.7 Å². The number of aliphatic imine (C=N–C) groups is 1. The Kier molecular flexibility index (Phi) is 4.25. The summed E-state index contributed by atoms with van der Waals surface area (Å²) in [6.45, 7) is 9.78. The van der Waals surface area contributed by atoms with Crippen molar-refractivity contribution in [2.24, 2.45) is 4.99 Å². The number of hydrogen-bond acceptors (Lipinski definition) is 3. The Morgan fingerprint density at radius 1 is 1.42 bits per heavy atom. The summed E-state index contributed by atoms with van der Waals surface area (Å²) < 4.78 is 0. The van der Waals surface area contributed by atoms with Gasteiger partial charge in [-0.25, -0.2) is 0 Å². The molecular weight excluding hydrogens is 150 g/mol. The molecule has 0 atom stereocenters. The molecule has 3 heteroatoms. The van der Waals surface area contributed by atoms with Gasteiger partial charge in [0.1, 0.15) is 0 Å². The normalized spacial score (nSPS) is 20.9. The lowest BCUT2D eigenvalue weighted by atomic mass is 10.3. The van der Waals surface area contributed by atoms with Gasteiger partial charge in [0.15, 0.2) is 0 Å². The monoisotopic (exact) mass is 169 g/mol. The van der Waals surface area contributed by atoms with Gasteiger partial charge in [-0.2, -0.15) is 0 Å². The van der Waals surface area contributed by atoms with Crippen LogP contribution in [0.1, 0.15) is 13.8 Å². The average Bonchev–Trinajstić information content (AvgIpc) is 2.05. The minimum atomic E-state index is 0.438. The summed E-state index contributed by atoms with van der Waals surface area (Å²) in [6, 6.07) is 0.438. The van der Waals surface area contributed by atoms with Crippen LogP contribution in [0.4, 0.5) is 0 Å². The van der Waals surface area contributed by atoms with Gasteiger partial charge < -0.3 is 5.32 Å². The van der Waals surface area contributed by atoms with Crippen LogP contribution in [0, 0.1) is 0 Å². The molecule has 0 bridgehead atoms. The molecule has 0 aromatic carbocycles. The second kappa shape index (κ2) is 5.27. The third kappa shape index (κ3) is 3.83. The highest BCUT2D eigenvalue weighted by Crippen LogP contribution is 1.90. The maximum Gasteiger partial charge on any atom is 0.0439 e. The van der Waals surface area contributed by atoms with Crippen molar-refractivity contribution in [1.82, 2.24) is 10.2 Å². The molecule has 1 rings (SSSR count). The van der Waals surface area contributed by atoms with Gasteiger partial charge in [0.2, 0.25) is 0 Å². The first-order valence-corrected chi connectivity index (χ1v) is 4.74. The minimum absolute atomic E-state index is 0.438. The molecule has 0 amide bonds. The lowest BCUT2D eigenvalue weighted by molar-refractivity contribution is 0.273. The summed E-state index contributed by atoms with van der Waals surface area (Å²) in [6.07, 6.45) is 2.04. The van der Waals surface area contributed by atoms with Gasteiger partial charge >= 0.3 is 0 Å². The van der Waals surface area contributed by atoms with Crippen LogP contribution < -0.4 is 5.32 Å². The molecule has 0 aromatic rings. The van der Waals surface area contributed by atoms with Crippen LogP contribution in [0.2, 0.25) is 0 Å². The van der Waals surface area contributed by atoms with Gasteiger partial charge in [-0.1, -0.05) is 0 Å². The molecule has 1 saturated heterocycles. The van der Waals surface area contributed by atoms with Crippen LogP contribution in [-0.4, -0.2) is 49.9 Å². The van der Waals surface area contributed by atoms with Gasteiger partial charge in [-0.3, -0.25) is 9.89 Å². The standard InChI is InChI=1S/C9H19N3/c1-9(2)11-5-8-12-6-3-10-4-7-12/h5,9-10H,3-4,6-8H2,1-2H3. The van der Waals surface area contributed by atoms with Crippen molar-refractivity contribution < 1.29 is 0 Å². The van der Waals surface area contributed by atoms with Crippen molar-refractivity contribution in [1.29, 1.82) is 0 Å². The zero-order chi connectivity index (χ0) is 8.81. The third-order valence-corrected chi connectivity index (χ3v) is 1.95. The smallest absolute Gasteiger partial charge is 0.0439 e. The Bertz CT molecular complexity index is 137. The molecule has 1 heterocycles. The molecule has 0 spiro atoms. The number of rotatable bonds is 3. The molecule has 70 valence electrons. The van der Waals surface area contributed by atoms with Crippen LogP contribution in [0.5, 0.6) is 0 Å². The van der Waals surface area contributed by atoms with Crippen LogP contribution in [0.15, 0.2) is 4.99 Å². The van der Waals surface area contributed by atoms with Gasteiger partial charge in [0, 0.05) is 45.0 Å². The van der Waals surface area contributed by atoms with E-state index in [1.165, 1.54) is 0 Å². The van der Waals surface area contributed by atoms with E-state index in [-0.39, 0.29) is 0 Å². The summed E-state index contributed by atoms with van der Waals surface area (Å²) >= 11 is 0.